The fourth-order valence-electron chi connectivity index (χ4n) is 1.54. The molecule has 0 aromatic carbocycles. The molecule has 0 radical (unpaired) electrons. The highest BCUT2D eigenvalue weighted by molar-refractivity contribution is 7.89. The Morgan fingerprint density at radius 1 is 1.47 bits per heavy atom. The minimum atomic E-state index is -3.19. The van der Waals surface area contributed by atoms with E-state index in [-0.39, 0.29) is 18.7 Å². The summed E-state index contributed by atoms with van der Waals surface area (Å²) in [6.45, 7) is 1.90. The summed E-state index contributed by atoms with van der Waals surface area (Å²) in [5, 5.41) is 10.8. The number of carbonyl (C=O) groups is 2. The lowest BCUT2D eigenvalue weighted by Crippen LogP contribution is -2.40. The molecule has 7 nitrogen and oxygen atoms in total. The van der Waals surface area contributed by atoms with Crippen molar-refractivity contribution in [2.24, 2.45) is 0 Å². The summed E-state index contributed by atoms with van der Waals surface area (Å²) >= 11 is 0. The van der Waals surface area contributed by atoms with E-state index < -0.39 is 27.9 Å². The highest BCUT2D eigenvalue weighted by Gasteiger charge is 2.28. The first-order chi connectivity index (χ1) is 7.83. The van der Waals surface area contributed by atoms with E-state index >= 15 is 0 Å². The summed E-state index contributed by atoms with van der Waals surface area (Å²) in [7, 11) is -3.19. The third-order valence-electron chi connectivity index (χ3n) is 2.54. The molecule has 98 valence electrons. The Labute approximate surface area is 99.8 Å². The van der Waals surface area contributed by atoms with Crippen LogP contribution in [0.15, 0.2) is 0 Å². The average Bonchev–Trinajstić information content (AvgIpc) is 2.54. The minimum Gasteiger partial charge on any atom is -0.480 e. The molecule has 1 aliphatic rings. The topological polar surface area (TPSA) is 104 Å². The number of aliphatic carboxylic acids is 1. The van der Waals surface area contributed by atoms with Crippen LogP contribution < -0.4 is 5.32 Å². The maximum Gasteiger partial charge on any atom is 0.325 e. The molecule has 8 heteroatoms. The summed E-state index contributed by atoms with van der Waals surface area (Å²) in [5.74, 6) is -1.45. The number of amides is 1. The molecule has 0 saturated carbocycles. The first-order valence-electron chi connectivity index (χ1n) is 5.33. The molecule has 17 heavy (non-hydrogen) atoms. The van der Waals surface area contributed by atoms with Crippen molar-refractivity contribution in [3.8, 4) is 0 Å². The van der Waals surface area contributed by atoms with Gasteiger partial charge in [-0.1, -0.05) is 0 Å². The normalized spacial score (nSPS) is 21.0. The van der Waals surface area contributed by atoms with Gasteiger partial charge in [-0.2, -0.15) is 0 Å². The number of carboxylic acids is 1. The van der Waals surface area contributed by atoms with Gasteiger partial charge in [-0.3, -0.25) is 9.59 Å². The van der Waals surface area contributed by atoms with E-state index in [0.29, 0.717) is 13.0 Å². The molecule has 0 aromatic heterocycles. The largest absolute Gasteiger partial charge is 0.480 e. The van der Waals surface area contributed by atoms with Gasteiger partial charge in [0.2, 0.25) is 15.9 Å². The number of sulfonamides is 1. The van der Waals surface area contributed by atoms with Crippen molar-refractivity contribution in [2.75, 3.05) is 18.8 Å². The number of nitrogens with zero attached hydrogens (tertiary/aromatic N) is 1. The molecule has 0 bridgehead atoms. The highest BCUT2D eigenvalue weighted by Crippen LogP contribution is 2.13. The lowest BCUT2D eigenvalue weighted by Gasteiger charge is -2.14. The maximum absolute atomic E-state index is 11.4. The Kier molecular flexibility index (Phi) is 4.47. The zero-order valence-electron chi connectivity index (χ0n) is 9.55. The molecule has 0 aliphatic carbocycles. The van der Waals surface area contributed by atoms with Crippen LogP contribution in [0.5, 0.6) is 0 Å². The summed E-state index contributed by atoms with van der Waals surface area (Å²) in [4.78, 5) is 21.8. The molecule has 1 rings (SSSR count). The van der Waals surface area contributed by atoms with E-state index in [1.54, 1.807) is 0 Å². The predicted octanol–water partition coefficient (Wildman–Crippen LogP) is -0.999. The molecule has 1 saturated heterocycles. The van der Waals surface area contributed by atoms with Gasteiger partial charge in [-0.25, -0.2) is 12.7 Å². The summed E-state index contributed by atoms with van der Waals surface area (Å²) in [6.07, 6.45) is 0.562. The van der Waals surface area contributed by atoms with Gasteiger partial charge in [0.15, 0.2) is 0 Å². The molecular weight excluding hydrogens is 248 g/mol. The van der Waals surface area contributed by atoms with Gasteiger partial charge in [-0.15, -0.1) is 0 Å². The Hall–Kier alpha value is -1.15. The molecule has 1 aliphatic heterocycles. The number of hydrogen-bond acceptors (Lipinski definition) is 4. The molecular formula is C9H16N2O5S. The van der Waals surface area contributed by atoms with E-state index in [1.807, 2.05) is 0 Å². The van der Waals surface area contributed by atoms with Crippen molar-refractivity contribution in [3.05, 3.63) is 0 Å². The van der Waals surface area contributed by atoms with Crippen molar-refractivity contribution >= 4 is 21.9 Å². The maximum atomic E-state index is 11.4. The molecule has 0 aromatic rings. The van der Waals surface area contributed by atoms with Crippen molar-refractivity contribution in [1.82, 2.24) is 9.62 Å². The van der Waals surface area contributed by atoms with E-state index in [4.69, 9.17) is 5.11 Å². The Bertz CT molecular complexity index is 406. The van der Waals surface area contributed by atoms with Gasteiger partial charge < -0.3 is 10.4 Å². The summed E-state index contributed by atoms with van der Waals surface area (Å²) < 4.78 is 24.1. The molecule has 1 unspecified atom stereocenters. The van der Waals surface area contributed by atoms with Gasteiger partial charge in [0.25, 0.3) is 0 Å². The first-order valence-corrected chi connectivity index (χ1v) is 6.94. The van der Waals surface area contributed by atoms with Crippen molar-refractivity contribution < 1.29 is 23.1 Å². The number of carbonyl (C=O) groups excluding carboxylic acids is 1. The summed E-state index contributed by atoms with van der Waals surface area (Å²) in [6, 6.07) is -0.960. The Balaban J connectivity index is 2.36. The van der Waals surface area contributed by atoms with Gasteiger partial charge in [0, 0.05) is 19.5 Å². The third-order valence-corrected chi connectivity index (χ3v) is 4.50. The number of carboxylic acid groups (broad SMARTS) is 1. The van der Waals surface area contributed by atoms with Crippen molar-refractivity contribution in [3.63, 3.8) is 0 Å². The predicted molar refractivity (Wildman–Crippen MR) is 59.8 cm³/mol. The lowest BCUT2D eigenvalue weighted by molar-refractivity contribution is -0.141. The number of nitrogens with one attached hydrogen (secondary N) is 1. The second-order valence-electron chi connectivity index (χ2n) is 3.95. The van der Waals surface area contributed by atoms with Crippen LogP contribution in [-0.2, 0) is 19.6 Å². The van der Waals surface area contributed by atoms with Gasteiger partial charge in [0.05, 0.1) is 5.75 Å². The standard InChI is InChI=1S/C9H16N2O5S/c1-7(9(13)14)10-8(12)3-5-11-4-2-6-17(11,15)16/h7H,2-6H2,1H3,(H,10,12)(H,13,14). The third kappa shape index (κ3) is 3.97. The van der Waals surface area contributed by atoms with Gasteiger partial charge >= 0.3 is 5.97 Å². The molecule has 2 N–H and O–H groups in total. The van der Waals surface area contributed by atoms with Crippen LogP contribution in [0.4, 0.5) is 0 Å². The fraction of sp³-hybridized carbons (Fsp3) is 0.778. The zero-order chi connectivity index (χ0) is 13.1. The Morgan fingerprint density at radius 2 is 2.12 bits per heavy atom. The van der Waals surface area contributed by atoms with Crippen molar-refractivity contribution in [1.29, 1.82) is 0 Å². The molecule has 1 heterocycles. The highest BCUT2D eigenvalue weighted by atomic mass is 32.2. The summed E-state index contributed by atoms with van der Waals surface area (Å²) in [5.41, 5.74) is 0. The number of rotatable bonds is 5. The van der Waals surface area contributed by atoms with Gasteiger partial charge in [-0.05, 0) is 13.3 Å². The van der Waals surface area contributed by atoms with Gasteiger partial charge in [0.1, 0.15) is 6.04 Å². The SMILES string of the molecule is CC(NC(=O)CCN1CCCS1(=O)=O)C(=O)O. The van der Waals surface area contributed by atoms with Crippen LogP contribution in [-0.4, -0.2) is 54.6 Å². The van der Waals surface area contributed by atoms with E-state index in [9.17, 15) is 18.0 Å². The van der Waals surface area contributed by atoms with Crippen LogP contribution in [0.25, 0.3) is 0 Å². The smallest absolute Gasteiger partial charge is 0.325 e. The second-order valence-corrected chi connectivity index (χ2v) is 6.03. The van der Waals surface area contributed by atoms with E-state index in [1.165, 1.54) is 11.2 Å². The van der Waals surface area contributed by atoms with Crippen LogP contribution in [0.2, 0.25) is 0 Å². The molecule has 1 fully saturated rings. The Morgan fingerprint density at radius 3 is 2.59 bits per heavy atom. The zero-order valence-corrected chi connectivity index (χ0v) is 10.4. The molecule has 0 spiro atoms. The second kappa shape index (κ2) is 5.46. The van der Waals surface area contributed by atoms with Crippen molar-refractivity contribution in [2.45, 2.75) is 25.8 Å². The monoisotopic (exact) mass is 264 g/mol. The lowest BCUT2D eigenvalue weighted by atomic mass is 10.3. The first kappa shape index (κ1) is 13.9. The average molecular weight is 264 g/mol. The fourth-order valence-corrected chi connectivity index (χ4v) is 3.07. The van der Waals surface area contributed by atoms with Crippen LogP contribution in [0, 0.1) is 0 Å². The number of hydrogen-bond donors (Lipinski definition) is 2. The van der Waals surface area contributed by atoms with Crippen LogP contribution in [0.3, 0.4) is 0 Å². The minimum absolute atomic E-state index is 0.0170. The van der Waals surface area contributed by atoms with E-state index in [2.05, 4.69) is 5.32 Å². The van der Waals surface area contributed by atoms with Crippen LogP contribution in [0.1, 0.15) is 19.8 Å². The quantitative estimate of drug-likeness (QED) is 0.663. The van der Waals surface area contributed by atoms with E-state index in [0.717, 1.165) is 0 Å². The molecule has 1 atom stereocenters. The molecule has 1 amide bonds. The van der Waals surface area contributed by atoms with Crippen LogP contribution >= 0.6 is 0 Å².